The molecular formula is C23H31NO2S. The smallest absolute Gasteiger partial charge is 0.174 e. The minimum absolute atomic E-state index is 0.157. The summed E-state index contributed by atoms with van der Waals surface area (Å²) in [5.41, 5.74) is 2.57. The van der Waals surface area contributed by atoms with Crippen molar-refractivity contribution < 1.29 is 9.47 Å². The van der Waals surface area contributed by atoms with Crippen LogP contribution in [0.1, 0.15) is 56.7 Å². The number of benzene rings is 2. The number of ether oxygens (including phenoxy) is 2. The summed E-state index contributed by atoms with van der Waals surface area (Å²) in [6.07, 6.45) is 4.78. The minimum Gasteiger partial charge on any atom is -0.493 e. The lowest BCUT2D eigenvalue weighted by Gasteiger charge is -2.27. The Kier molecular flexibility index (Phi) is 7.08. The van der Waals surface area contributed by atoms with Gasteiger partial charge in [0.2, 0.25) is 0 Å². The first kappa shape index (κ1) is 20.1. The maximum atomic E-state index is 5.82. The van der Waals surface area contributed by atoms with E-state index in [0.29, 0.717) is 11.3 Å². The Hall–Kier alpha value is -1.65. The first-order valence-electron chi connectivity index (χ1n) is 9.95. The van der Waals surface area contributed by atoms with Crippen LogP contribution in [0, 0.1) is 0 Å². The van der Waals surface area contributed by atoms with Crippen LogP contribution >= 0.6 is 11.8 Å². The fraction of sp³-hybridized carbons (Fsp3) is 0.478. The van der Waals surface area contributed by atoms with Crippen LogP contribution in [0.3, 0.4) is 0 Å². The zero-order valence-corrected chi connectivity index (χ0v) is 17.6. The van der Waals surface area contributed by atoms with E-state index in [1.807, 2.05) is 17.8 Å². The molecule has 0 aliphatic carbocycles. The summed E-state index contributed by atoms with van der Waals surface area (Å²) in [5, 5.41) is 4.49. The maximum Gasteiger partial charge on any atom is 0.174 e. The van der Waals surface area contributed by atoms with E-state index in [1.165, 1.54) is 35.3 Å². The quantitative estimate of drug-likeness (QED) is 0.650. The van der Waals surface area contributed by atoms with Gasteiger partial charge in [-0.15, -0.1) is 11.8 Å². The zero-order valence-electron chi connectivity index (χ0n) is 16.8. The number of hydrogen-bond acceptors (Lipinski definition) is 4. The summed E-state index contributed by atoms with van der Waals surface area (Å²) in [6, 6.07) is 15.6. The van der Waals surface area contributed by atoms with Crippen LogP contribution in [0.2, 0.25) is 0 Å². The number of nitrogens with one attached hydrogen (secondary N) is 1. The Morgan fingerprint density at radius 1 is 1.00 bits per heavy atom. The number of fused-ring (bicyclic) bond motifs is 1. The lowest BCUT2D eigenvalue weighted by molar-refractivity contribution is 0.346. The molecule has 1 N–H and O–H groups in total. The number of hydrogen-bond donors (Lipinski definition) is 1. The Balaban J connectivity index is 2.12. The highest BCUT2D eigenvalue weighted by molar-refractivity contribution is 8.00. The summed E-state index contributed by atoms with van der Waals surface area (Å²) in [5.74, 6) is 1.67. The van der Waals surface area contributed by atoms with Gasteiger partial charge < -0.3 is 14.8 Å². The third-order valence-corrected chi connectivity index (χ3v) is 6.88. The second-order valence-electron chi connectivity index (χ2n) is 7.04. The van der Waals surface area contributed by atoms with Crippen LogP contribution in [0.4, 0.5) is 0 Å². The Bertz CT molecular complexity index is 735. The molecule has 0 fully saturated rings. The molecule has 1 aliphatic heterocycles. The SMILES string of the molecule is CCCCC1Sc2c(ccc(OC)c2OC)C(c2ccccc2)NC1CC. The molecule has 146 valence electrons. The molecule has 1 heterocycles. The van der Waals surface area contributed by atoms with E-state index in [1.54, 1.807) is 14.2 Å². The van der Waals surface area contributed by atoms with Crippen molar-refractivity contribution in [3.63, 3.8) is 0 Å². The fourth-order valence-electron chi connectivity index (χ4n) is 3.87. The fourth-order valence-corrected chi connectivity index (χ4v) is 5.51. The number of unbranched alkanes of at least 4 members (excludes halogenated alkanes) is 1. The van der Waals surface area contributed by atoms with Crippen LogP contribution in [-0.2, 0) is 0 Å². The van der Waals surface area contributed by atoms with Gasteiger partial charge in [0.1, 0.15) is 0 Å². The third kappa shape index (κ3) is 4.27. The molecule has 0 spiro atoms. The van der Waals surface area contributed by atoms with Gasteiger partial charge in [-0.25, -0.2) is 0 Å². The summed E-state index contributed by atoms with van der Waals surface area (Å²) in [6.45, 7) is 4.55. The molecule has 2 aromatic rings. The van der Waals surface area contributed by atoms with E-state index in [-0.39, 0.29) is 6.04 Å². The highest BCUT2D eigenvalue weighted by Crippen LogP contribution is 2.48. The van der Waals surface area contributed by atoms with Crippen LogP contribution in [0.15, 0.2) is 47.4 Å². The van der Waals surface area contributed by atoms with E-state index in [2.05, 4.69) is 55.6 Å². The van der Waals surface area contributed by atoms with Crippen molar-refractivity contribution >= 4 is 11.8 Å². The highest BCUT2D eigenvalue weighted by atomic mass is 32.2. The molecule has 4 heteroatoms. The van der Waals surface area contributed by atoms with Crippen molar-refractivity contribution in [3.8, 4) is 11.5 Å². The predicted molar refractivity (Wildman–Crippen MR) is 114 cm³/mol. The average Bonchev–Trinajstić information content (AvgIpc) is 2.88. The largest absolute Gasteiger partial charge is 0.493 e. The van der Waals surface area contributed by atoms with Crippen molar-refractivity contribution in [1.82, 2.24) is 5.32 Å². The third-order valence-electron chi connectivity index (χ3n) is 5.36. The van der Waals surface area contributed by atoms with Crippen LogP contribution in [0.5, 0.6) is 11.5 Å². The normalized spacial score (nSPS) is 22.0. The molecule has 0 radical (unpaired) electrons. The standard InChI is InChI=1S/C23H31NO2S/c1-5-7-13-20-18(6-2)24-21(16-11-9-8-10-12-16)17-14-15-19(25-3)22(26-4)23(17)27-20/h8-12,14-15,18,20-21,24H,5-7,13H2,1-4H3. The van der Waals surface area contributed by atoms with Gasteiger partial charge in [-0.05, 0) is 30.0 Å². The van der Waals surface area contributed by atoms with Gasteiger partial charge >= 0.3 is 0 Å². The van der Waals surface area contributed by atoms with Crippen molar-refractivity contribution in [2.24, 2.45) is 0 Å². The molecule has 0 saturated heterocycles. The van der Waals surface area contributed by atoms with Gasteiger partial charge in [0.05, 0.1) is 25.2 Å². The second-order valence-corrected chi connectivity index (χ2v) is 8.29. The van der Waals surface area contributed by atoms with Gasteiger partial charge in [-0.3, -0.25) is 0 Å². The molecule has 3 unspecified atom stereocenters. The summed E-state index contributed by atoms with van der Waals surface area (Å²) in [4.78, 5) is 1.22. The molecule has 0 amide bonds. The molecule has 27 heavy (non-hydrogen) atoms. The summed E-state index contributed by atoms with van der Waals surface area (Å²) >= 11 is 1.96. The molecule has 3 atom stereocenters. The van der Waals surface area contributed by atoms with Crippen molar-refractivity contribution in [2.75, 3.05) is 14.2 Å². The highest BCUT2D eigenvalue weighted by Gasteiger charge is 2.33. The summed E-state index contributed by atoms with van der Waals surface area (Å²) < 4.78 is 11.4. The molecule has 0 bridgehead atoms. The molecular weight excluding hydrogens is 354 g/mol. The van der Waals surface area contributed by atoms with Gasteiger partial charge in [0.15, 0.2) is 11.5 Å². The van der Waals surface area contributed by atoms with Crippen molar-refractivity contribution in [2.45, 2.75) is 61.8 Å². The lowest BCUT2D eigenvalue weighted by Crippen LogP contribution is -2.38. The maximum absolute atomic E-state index is 5.82. The van der Waals surface area contributed by atoms with Gasteiger partial charge in [-0.1, -0.05) is 63.1 Å². The molecule has 0 aromatic heterocycles. The second kappa shape index (κ2) is 9.52. The van der Waals surface area contributed by atoms with Crippen molar-refractivity contribution in [1.29, 1.82) is 0 Å². The predicted octanol–water partition coefficient (Wildman–Crippen LogP) is 5.83. The van der Waals surface area contributed by atoms with Gasteiger partial charge in [0.25, 0.3) is 0 Å². The Morgan fingerprint density at radius 3 is 2.41 bits per heavy atom. The Morgan fingerprint density at radius 2 is 1.78 bits per heavy atom. The van der Waals surface area contributed by atoms with E-state index in [0.717, 1.165) is 17.9 Å². The van der Waals surface area contributed by atoms with Crippen LogP contribution in [0.25, 0.3) is 0 Å². The topological polar surface area (TPSA) is 30.5 Å². The van der Waals surface area contributed by atoms with Crippen LogP contribution in [-0.4, -0.2) is 25.5 Å². The molecule has 2 aromatic carbocycles. The van der Waals surface area contributed by atoms with Crippen molar-refractivity contribution in [3.05, 3.63) is 53.6 Å². The monoisotopic (exact) mass is 385 g/mol. The number of methoxy groups -OCH3 is 2. The first-order valence-corrected chi connectivity index (χ1v) is 10.8. The average molecular weight is 386 g/mol. The number of thioether (sulfide) groups is 1. The minimum atomic E-state index is 0.157. The number of rotatable bonds is 7. The van der Waals surface area contributed by atoms with Gasteiger partial charge in [0, 0.05) is 11.3 Å². The lowest BCUT2D eigenvalue weighted by atomic mass is 9.95. The van der Waals surface area contributed by atoms with E-state index in [4.69, 9.17) is 9.47 Å². The Labute approximate surface area is 167 Å². The van der Waals surface area contributed by atoms with E-state index >= 15 is 0 Å². The molecule has 1 aliphatic rings. The first-order chi connectivity index (χ1) is 13.2. The molecule has 3 nitrogen and oxygen atoms in total. The summed E-state index contributed by atoms with van der Waals surface area (Å²) in [7, 11) is 3.45. The molecule has 0 saturated carbocycles. The zero-order chi connectivity index (χ0) is 19.2. The van der Waals surface area contributed by atoms with E-state index in [9.17, 15) is 0 Å². The van der Waals surface area contributed by atoms with E-state index < -0.39 is 0 Å². The molecule has 3 rings (SSSR count). The van der Waals surface area contributed by atoms with Gasteiger partial charge in [-0.2, -0.15) is 0 Å². The van der Waals surface area contributed by atoms with Crippen LogP contribution < -0.4 is 14.8 Å².